The Morgan fingerprint density at radius 1 is 1.12 bits per heavy atom. The Kier molecular flexibility index (Phi) is 3.76. The molecule has 0 bridgehead atoms. The summed E-state index contributed by atoms with van der Waals surface area (Å²) >= 11 is 0. The maximum absolute atomic E-state index is 4.60. The normalized spacial score (nSPS) is 15.8. The van der Waals surface area contributed by atoms with Crippen LogP contribution in [0.1, 0.15) is 24.2 Å². The summed E-state index contributed by atoms with van der Waals surface area (Å²) in [5, 5.41) is 8.09. The van der Waals surface area contributed by atoms with Crippen molar-refractivity contribution >= 4 is 17.3 Å². The van der Waals surface area contributed by atoms with Gasteiger partial charge >= 0.3 is 0 Å². The number of aryl methyl sites for hydroxylation is 2. The summed E-state index contributed by atoms with van der Waals surface area (Å²) in [6, 6.07) is 6.50. The molecule has 0 aromatic carbocycles. The highest BCUT2D eigenvalue weighted by molar-refractivity contribution is 5.52. The fourth-order valence-corrected chi connectivity index (χ4v) is 3.26. The standard InChI is InChI=1S/C17H21N7/c1-12-10-17(24-16(20-12)9-13(2)22-24)23-7-4-14(5-8-23)21-15-3-6-18-11-19-15/h3,6,9-11,14H,4-5,7-8H2,1-2H3,(H,18,19,21). The van der Waals surface area contributed by atoms with Crippen molar-refractivity contribution in [1.82, 2.24) is 24.6 Å². The van der Waals surface area contributed by atoms with Gasteiger partial charge < -0.3 is 10.2 Å². The molecule has 0 amide bonds. The summed E-state index contributed by atoms with van der Waals surface area (Å²) in [7, 11) is 0. The molecule has 7 heteroatoms. The summed E-state index contributed by atoms with van der Waals surface area (Å²) < 4.78 is 1.96. The van der Waals surface area contributed by atoms with Gasteiger partial charge in [-0.2, -0.15) is 9.61 Å². The lowest BCUT2D eigenvalue weighted by molar-refractivity contribution is 0.519. The fraction of sp³-hybridized carbons (Fsp3) is 0.412. The van der Waals surface area contributed by atoms with Crippen LogP contribution in [-0.2, 0) is 0 Å². The van der Waals surface area contributed by atoms with Gasteiger partial charge in [0.1, 0.15) is 18.0 Å². The lowest BCUT2D eigenvalue weighted by atomic mass is 10.1. The van der Waals surface area contributed by atoms with Gasteiger partial charge in [-0.1, -0.05) is 0 Å². The summed E-state index contributed by atoms with van der Waals surface area (Å²) in [5.41, 5.74) is 2.94. The number of hydrogen-bond donors (Lipinski definition) is 1. The van der Waals surface area contributed by atoms with Crippen LogP contribution < -0.4 is 10.2 Å². The molecule has 4 heterocycles. The minimum atomic E-state index is 0.439. The van der Waals surface area contributed by atoms with Crippen LogP contribution in [0.5, 0.6) is 0 Å². The number of nitrogens with zero attached hydrogens (tertiary/aromatic N) is 6. The highest BCUT2D eigenvalue weighted by Gasteiger charge is 2.22. The third-order valence-electron chi connectivity index (χ3n) is 4.41. The van der Waals surface area contributed by atoms with Gasteiger partial charge in [0, 0.05) is 43.2 Å². The fourth-order valence-electron chi connectivity index (χ4n) is 3.26. The number of hydrogen-bond acceptors (Lipinski definition) is 6. The van der Waals surface area contributed by atoms with E-state index in [2.05, 4.69) is 36.3 Å². The van der Waals surface area contributed by atoms with E-state index < -0.39 is 0 Å². The number of nitrogens with one attached hydrogen (secondary N) is 1. The van der Waals surface area contributed by atoms with Crippen LogP contribution in [-0.4, -0.2) is 43.7 Å². The second-order valence-corrected chi connectivity index (χ2v) is 6.31. The molecule has 0 aliphatic carbocycles. The summed E-state index contributed by atoms with van der Waals surface area (Å²) in [4.78, 5) is 15.2. The highest BCUT2D eigenvalue weighted by Crippen LogP contribution is 2.23. The van der Waals surface area contributed by atoms with E-state index in [1.54, 1.807) is 12.5 Å². The van der Waals surface area contributed by atoms with E-state index >= 15 is 0 Å². The summed E-state index contributed by atoms with van der Waals surface area (Å²) in [5.74, 6) is 2.03. The molecule has 24 heavy (non-hydrogen) atoms. The van der Waals surface area contributed by atoms with Gasteiger partial charge in [-0.15, -0.1) is 0 Å². The van der Waals surface area contributed by atoms with Crippen LogP contribution in [0.4, 0.5) is 11.6 Å². The van der Waals surface area contributed by atoms with Crippen LogP contribution >= 0.6 is 0 Å². The van der Waals surface area contributed by atoms with E-state index in [1.807, 2.05) is 30.5 Å². The van der Waals surface area contributed by atoms with Crippen molar-refractivity contribution in [3.63, 3.8) is 0 Å². The van der Waals surface area contributed by atoms with E-state index in [-0.39, 0.29) is 0 Å². The van der Waals surface area contributed by atoms with E-state index in [0.717, 1.165) is 54.6 Å². The van der Waals surface area contributed by atoms with E-state index in [0.29, 0.717) is 6.04 Å². The molecule has 0 spiro atoms. The molecule has 0 atom stereocenters. The molecule has 4 rings (SSSR count). The Balaban J connectivity index is 1.50. The Bertz CT molecular complexity index is 835. The molecule has 1 N–H and O–H groups in total. The lowest BCUT2D eigenvalue weighted by Gasteiger charge is -2.34. The molecule has 1 fully saturated rings. The summed E-state index contributed by atoms with van der Waals surface area (Å²) in [6.45, 7) is 6.02. The number of anilines is 2. The van der Waals surface area contributed by atoms with Gasteiger partial charge in [0.2, 0.25) is 0 Å². The molecule has 7 nitrogen and oxygen atoms in total. The van der Waals surface area contributed by atoms with Crippen molar-refractivity contribution in [3.05, 3.63) is 42.1 Å². The van der Waals surface area contributed by atoms with E-state index in [4.69, 9.17) is 0 Å². The zero-order valence-corrected chi connectivity index (χ0v) is 14.0. The van der Waals surface area contributed by atoms with Crippen molar-refractivity contribution in [2.24, 2.45) is 0 Å². The van der Waals surface area contributed by atoms with Crippen molar-refractivity contribution < 1.29 is 0 Å². The van der Waals surface area contributed by atoms with Gasteiger partial charge in [0.05, 0.1) is 5.69 Å². The van der Waals surface area contributed by atoms with Crippen molar-refractivity contribution in [2.75, 3.05) is 23.3 Å². The molecule has 3 aromatic rings. The average molecular weight is 323 g/mol. The maximum Gasteiger partial charge on any atom is 0.157 e. The molecule has 0 unspecified atom stereocenters. The Morgan fingerprint density at radius 2 is 1.96 bits per heavy atom. The van der Waals surface area contributed by atoms with Gasteiger partial charge in [-0.3, -0.25) is 0 Å². The number of fused-ring (bicyclic) bond motifs is 1. The molecule has 3 aromatic heterocycles. The van der Waals surface area contributed by atoms with Crippen molar-refractivity contribution in [3.8, 4) is 0 Å². The largest absolute Gasteiger partial charge is 0.367 e. The van der Waals surface area contributed by atoms with Crippen LogP contribution in [0.15, 0.2) is 30.7 Å². The monoisotopic (exact) mass is 323 g/mol. The topological polar surface area (TPSA) is 71.2 Å². The first kappa shape index (κ1) is 14.9. The zero-order chi connectivity index (χ0) is 16.5. The number of rotatable bonds is 3. The SMILES string of the molecule is Cc1cc(N2CCC(Nc3ccncn3)CC2)n2nc(C)cc2n1. The van der Waals surface area contributed by atoms with Gasteiger partial charge in [-0.05, 0) is 32.8 Å². The van der Waals surface area contributed by atoms with Crippen LogP contribution in [0.3, 0.4) is 0 Å². The first-order valence-corrected chi connectivity index (χ1v) is 8.30. The molecule has 1 aliphatic rings. The number of aromatic nitrogens is 5. The Morgan fingerprint density at radius 3 is 2.71 bits per heavy atom. The molecule has 1 saturated heterocycles. The lowest BCUT2D eigenvalue weighted by Crippen LogP contribution is -2.40. The van der Waals surface area contributed by atoms with Crippen molar-refractivity contribution in [1.29, 1.82) is 0 Å². The predicted octanol–water partition coefficient (Wildman–Crippen LogP) is 2.22. The molecular weight excluding hydrogens is 302 g/mol. The van der Waals surface area contributed by atoms with Crippen LogP contribution in [0, 0.1) is 13.8 Å². The molecule has 124 valence electrons. The van der Waals surface area contributed by atoms with E-state index in [9.17, 15) is 0 Å². The first-order chi connectivity index (χ1) is 11.7. The zero-order valence-electron chi connectivity index (χ0n) is 14.0. The highest BCUT2D eigenvalue weighted by atomic mass is 15.4. The third kappa shape index (κ3) is 2.89. The number of piperidine rings is 1. The van der Waals surface area contributed by atoms with Gasteiger partial charge in [-0.25, -0.2) is 15.0 Å². The van der Waals surface area contributed by atoms with Gasteiger partial charge in [0.15, 0.2) is 5.65 Å². The van der Waals surface area contributed by atoms with Crippen LogP contribution in [0.2, 0.25) is 0 Å². The molecule has 0 radical (unpaired) electrons. The van der Waals surface area contributed by atoms with Crippen molar-refractivity contribution in [2.45, 2.75) is 32.7 Å². The predicted molar refractivity (Wildman–Crippen MR) is 93.4 cm³/mol. The second-order valence-electron chi connectivity index (χ2n) is 6.31. The minimum absolute atomic E-state index is 0.439. The first-order valence-electron chi connectivity index (χ1n) is 8.30. The molecule has 1 aliphatic heterocycles. The smallest absolute Gasteiger partial charge is 0.157 e. The maximum atomic E-state index is 4.60. The molecule has 0 saturated carbocycles. The second kappa shape index (κ2) is 6.07. The Hall–Kier alpha value is -2.70. The summed E-state index contributed by atoms with van der Waals surface area (Å²) in [6.07, 6.45) is 5.47. The quantitative estimate of drug-likeness (QED) is 0.797. The third-order valence-corrected chi connectivity index (χ3v) is 4.41. The van der Waals surface area contributed by atoms with Gasteiger partial charge in [0.25, 0.3) is 0 Å². The van der Waals surface area contributed by atoms with Crippen LogP contribution in [0.25, 0.3) is 5.65 Å². The minimum Gasteiger partial charge on any atom is -0.367 e. The van der Waals surface area contributed by atoms with E-state index in [1.165, 1.54) is 0 Å². The Labute approximate surface area is 140 Å². The average Bonchev–Trinajstić information content (AvgIpc) is 2.96. The molecular formula is C17H21N7.